The first-order chi connectivity index (χ1) is 8.90. The predicted octanol–water partition coefficient (Wildman–Crippen LogP) is 3.01. The molecular weight excluding hydrogens is 354 g/mol. The van der Waals surface area contributed by atoms with E-state index in [0.717, 1.165) is 6.07 Å². The van der Waals surface area contributed by atoms with Crippen molar-refractivity contribution < 1.29 is 18.3 Å². The highest BCUT2D eigenvalue weighted by Gasteiger charge is 2.20. The van der Waals surface area contributed by atoms with Crippen molar-refractivity contribution in [2.75, 3.05) is 4.72 Å². The molecule has 0 bridgehead atoms. The molecule has 100 valence electrons. The molecule has 2 N–H and O–H groups in total. The molecule has 0 aliphatic carbocycles. The molecule has 0 radical (unpaired) electrons. The molecule has 0 saturated heterocycles. The molecule has 0 saturated carbocycles. The fourth-order valence-electron chi connectivity index (χ4n) is 1.37. The predicted molar refractivity (Wildman–Crippen MR) is 76.2 cm³/mol. The second-order valence-electron chi connectivity index (χ2n) is 3.57. The molecule has 0 unspecified atom stereocenters. The summed E-state index contributed by atoms with van der Waals surface area (Å²) in [6.45, 7) is 0. The van der Waals surface area contributed by atoms with E-state index < -0.39 is 16.0 Å². The number of carbonyl (C=O) groups is 1. The molecule has 1 aromatic heterocycles. The summed E-state index contributed by atoms with van der Waals surface area (Å²) >= 11 is 4.46. The Labute approximate surface area is 122 Å². The minimum absolute atomic E-state index is 0.0890. The summed E-state index contributed by atoms with van der Waals surface area (Å²) in [7, 11) is -3.82. The molecule has 0 fully saturated rings. The van der Waals surface area contributed by atoms with E-state index in [9.17, 15) is 13.2 Å². The second-order valence-corrected chi connectivity index (χ2v) is 6.85. The Balaban J connectivity index is 2.45. The molecule has 0 atom stereocenters. The first kappa shape index (κ1) is 14.0. The van der Waals surface area contributed by atoms with Crippen LogP contribution in [0.3, 0.4) is 0 Å². The quantitative estimate of drug-likeness (QED) is 0.876. The van der Waals surface area contributed by atoms with Crippen molar-refractivity contribution in [3.05, 3.63) is 45.1 Å². The van der Waals surface area contributed by atoms with Gasteiger partial charge in [-0.25, -0.2) is 13.2 Å². The van der Waals surface area contributed by atoms with Gasteiger partial charge in [0.1, 0.15) is 4.90 Å². The first-order valence-corrected chi connectivity index (χ1v) is 8.20. The highest BCUT2D eigenvalue weighted by atomic mass is 79.9. The van der Waals surface area contributed by atoms with E-state index in [1.54, 1.807) is 16.8 Å². The maximum absolute atomic E-state index is 12.2. The minimum atomic E-state index is -3.82. The van der Waals surface area contributed by atoms with Crippen LogP contribution >= 0.6 is 27.3 Å². The molecule has 8 heteroatoms. The van der Waals surface area contributed by atoms with E-state index in [0.29, 0.717) is 10.2 Å². The maximum Gasteiger partial charge on any atom is 0.335 e. The Hall–Kier alpha value is -1.38. The Morgan fingerprint density at radius 3 is 2.63 bits per heavy atom. The molecule has 19 heavy (non-hydrogen) atoms. The molecule has 2 rings (SSSR count). The molecule has 2 aromatic rings. The van der Waals surface area contributed by atoms with Gasteiger partial charge >= 0.3 is 5.97 Å². The lowest BCUT2D eigenvalue weighted by Crippen LogP contribution is -2.14. The van der Waals surface area contributed by atoms with Gasteiger partial charge in [-0.3, -0.25) is 4.72 Å². The third-order valence-corrected chi connectivity index (χ3v) is 5.30. The number of halogens is 1. The van der Waals surface area contributed by atoms with E-state index in [1.165, 1.54) is 23.5 Å². The monoisotopic (exact) mass is 361 g/mol. The number of sulfonamides is 1. The van der Waals surface area contributed by atoms with E-state index >= 15 is 0 Å². The molecule has 1 heterocycles. The van der Waals surface area contributed by atoms with E-state index in [1.807, 2.05) is 0 Å². The van der Waals surface area contributed by atoms with Crippen molar-refractivity contribution in [2.24, 2.45) is 0 Å². The highest BCUT2D eigenvalue weighted by Crippen LogP contribution is 2.26. The zero-order valence-corrected chi connectivity index (χ0v) is 12.5. The summed E-state index contributed by atoms with van der Waals surface area (Å²) in [6.07, 6.45) is 0. The van der Waals surface area contributed by atoms with E-state index in [-0.39, 0.29) is 10.5 Å². The van der Waals surface area contributed by atoms with Gasteiger partial charge in [-0.05, 0) is 45.6 Å². The molecule has 0 spiro atoms. The second kappa shape index (κ2) is 5.32. The fraction of sp³-hybridized carbons (Fsp3) is 0. The average molecular weight is 362 g/mol. The zero-order valence-electron chi connectivity index (χ0n) is 9.33. The number of carboxylic acids is 1. The fourth-order valence-corrected chi connectivity index (χ4v) is 4.08. The Bertz CT molecular complexity index is 710. The van der Waals surface area contributed by atoms with Crippen LogP contribution in [-0.4, -0.2) is 19.5 Å². The van der Waals surface area contributed by atoms with Crippen LogP contribution in [0.4, 0.5) is 5.69 Å². The number of hydrogen-bond acceptors (Lipinski definition) is 4. The van der Waals surface area contributed by atoms with Crippen LogP contribution in [0.5, 0.6) is 0 Å². The summed E-state index contributed by atoms with van der Waals surface area (Å²) in [5, 5.41) is 12.3. The lowest BCUT2D eigenvalue weighted by atomic mass is 10.2. The smallest absolute Gasteiger partial charge is 0.335 e. The summed E-state index contributed by atoms with van der Waals surface area (Å²) in [6, 6.07) is 5.46. The zero-order chi connectivity index (χ0) is 14.0. The Morgan fingerprint density at radius 2 is 2.05 bits per heavy atom. The van der Waals surface area contributed by atoms with Gasteiger partial charge in [-0.1, -0.05) is 0 Å². The number of anilines is 1. The van der Waals surface area contributed by atoms with Crippen molar-refractivity contribution in [3.63, 3.8) is 0 Å². The standard InChI is InChI=1S/C11H8BrNO4S2/c12-9-2-1-7(11(14)15)5-10(9)19(16,17)13-8-3-4-18-6-8/h1-6,13H,(H,14,15). The number of hydrogen-bond donors (Lipinski definition) is 2. The summed E-state index contributed by atoms with van der Waals surface area (Å²) in [5.74, 6) is -1.18. The van der Waals surface area contributed by atoms with E-state index in [2.05, 4.69) is 20.7 Å². The first-order valence-electron chi connectivity index (χ1n) is 4.98. The van der Waals surface area contributed by atoms with E-state index in [4.69, 9.17) is 5.11 Å². The van der Waals surface area contributed by atoms with Crippen LogP contribution in [0.25, 0.3) is 0 Å². The SMILES string of the molecule is O=C(O)c1ccc(Br)c(S(=O)(=O)Nc2ccsc2)c1. The van der Waals surface area contributed by atoms with Crippen molar-refractivity contribution in [1.82, 2.24) is 0 Å². The van der Waals surface area contributed by atoms with Crippen LogP contribution in [0.15, 0.2) is 44.4 Å². The highest BCUT2D eigenvalue weighted by molar-refractivity contribution is 9.10. The number of benzene rings is 1. The van der Waals surface area contributed by atoms with Gasteiger partial charge in [0.25, 0.3) is 10.0 Å². The van der Waals surface area contributed by atoms with Crippen LogP contribution in [0, 0.1) is 0 Å². The van der Waals surface area contributed by atoms with Gasteiger partial charge in [-0.15, -0.1) is 0 Å². The van der Waals surface area contributed by atoms with Crippen LogP contribution in [0.1, 0.15) is 10.4 Å². The van der Waals surface area contributed by atoms with Gasteiger partial charge < -0.3 is 5.11 Å². The summed E-state index contributed by atoms with van der Waals surface area (Å²) < 4.78 is 27.0. The number of carboxylic acid groups (broad SMARTS) is 1. The normalized spacial score (nSPS) is 11.2. The summed E-state index contributed by atoms with van der Waals surface area (Å²) in [5.41, 5.74) is 0.353. The molecule has 0 aliphatic rings. The lowest BCUT2D eigenvalue weighted by molar-refractivity contribution is 0.0696. The van der Waals surface area contributed by atoms with Crippen molar-refractivity contribution in [2.45, 2.75) is 4.90 Å². The largest absolute Gasteiger partial charge is 0.478 e. The molecule has 0 amide bonds. The van der Waals surface area contributed by atoms with Crippen molar-refractivity contribution >= 4 is 48.9 Å². The summed E-state index contributed by atoms with van der Waals surface area (Å²) in [4.78, 5) is 10.8. The van der Waals surface area contributed by atoms with Crippen molar-refractivity contribution in [3.8, 4) is 0 Å². The third kappa shape index (κ3) is 3.14. The van der Waals surface area contributed by atoms with Gasteiger partial charge in [0, 0.05) is 9.85 Å². The van der Waals surface area contributed by atoms with Crippen LogP contribution in [0.2, 0.25) is 0 Å². The van der Waals surface area contributed by atoms with Crippen LogP contribution < -0.4 is 4.72 Å². The Morgan fingerprint density at radius 1 is 1.32 bits per heavy atom. The molecule has 5 nitrogen and oxygen atoms in total. The van der Waals surface area contributed by atoms with Crippen LogP contribution in [-0.2, 0) is 10.0 Å². The number of thiophene rings is 1. The number of aromatic carboxylic acids is 1. The topological polar surface area (TPSA) is 83.5 Å². The van der Waals surface area contributed by atoms with Gasteiger partial charge in [0.05, 0.1) is 11.3 Å². The van der Waals surface area contributed by atoms with Crippen molar-refractivity contribution in [1.29, 1.82) is 0 Å². The minimum Gasteiger partial charge on any atom is -0.478 e. The Kier molecular flexibility index (Phi) is 3.93. The third-order valence-electron chi connectivity index (χ3n) is 2.24. The maximum atomic E-state index is 12.2. The molecule has 0 aliphatic heterocycles. The van der Waals surface area contributed by atoms with Gasteiger partial charge in [0.2, 0.25) is 0 Å². The van der Waals surface area contributed by atoms with Gasteiger partial charge in [0.15, 0.2) is 0 Å². The van der Waals surface area contributed by atoms with Gasteiger partial charge in [-0.2, -0.15) is 11.3 Å². The number of nitrogens with one attached hydrogen (secondary N) is 1. The lowest BCUT2D eigenvalue weighted by Gasteiger charge is -2.09. The number of rotatable bonds is 4. The molecule has 1 aromatic carbocycles. The molecular formula is C11H8BrNO4S2. The average Bonchev–Trinajstić information content (AvgIpc) is 2.81.